The van der Waals surface area contributed by atoms with Crippen molar-refractivity contribution in [2.24, 2.45) is 0 Å². The number of hydrogen-bond acceptors (Lipinski definition) is 3. The Morgan fingerprint density at radius 1 is 1.35 bits per heavy atom. The summed E-state index contributed by atoms with van der Waals surface area (Å²) in [7, 11) is 0. The Morgan fingerprint density at radius 3 is 2.82 bits per heavy atom. The van der Waals surface area contributed by atoms with Gasteiger partial charge >= 0.3 is 6.09 Å². The zero-order valence-corrected chi connectivity index (χ0v) is 10.3. The molecule has 0 N–H and O–H groups in total. The molecule has 0 saturated carbocycles. The standard InChI is InChI=1S/C12H15ClN2O2/c13-11-6-4-5-10(14-11)9-17-12(16)15-7-2-1-3-8-15/h4-6H,1-3,7-9H2. The first-order valence-corrected chi connectivity index (χ1v) is 6.16. The molecule has 0 bridgehead atoms. The molecule has 1 amide bonds. The maximum atomic E-state index is 11.7. The van der Waals surface area contributed by atoms with E-state index in [-0.39, 0.29) is 12.7 Å². The quantitative estimate of drug-likeness (QED) is 0.762. The van der Waals surface area contributed by atoms with Gasteiger partial charge in [-0.05, 0) is 31.4 Å². The largest absolute Gasteiger partial charge is 0.443 e. The van der Waals surface area contributed by atoms with Crippen molar-refractivity contribution >= 4 is 17.7 Å². The van der Waals surface area contributed by atoms with Gasteiger partial charge in [-0.3, -0.25) is 0 Å². The van der Waals surface area contributed by atoms with E-state index in [9.17, 15) is 4.79 Å². The molecule has 0 unspecified atom stereocenters. The predicted molar refractivity (Wildman–Crippen MR) is 64.9 cm³/mol. The number of nitrogens with zero attached hydrogens (tertiary/aromatic N) is 2. The number of hydrogen-bond donors (Lipinski definition) is 0. The first kappa shape index (κ1) is 12.2. The number of amides is 1. The van der Waals surface area contributed by atoms with E-state index < -0.39 is 0 Å². The second kappa shape index (κ2) is 5.87. The topological polar surface area (TPSA) is 42.4 Å². The Balaban J connectivity index is 1.83. The minimum absolute atomic E-state index is 0.176. The summed E-state index contributed by atoms with van der Waals surface area (Å²) in [5.74, 6) is 0. The van der Waals surface area contributed by atoms with Crippen molar-refractivity contribution in [2.75, 3.05) is 13.1 Å². The van der Waals surface area contributed by atoms with Gasteiger partial charge in [0.2, 0.25) is 0 Å². The van der Waals surface area contributed by atoms with Gasteiger partial charge in [-0.15, -0.1) is 0 Å². The molecule has 92 valence electrons. The average molecular weight is 255 g/mol. The van der Waals surface area contributed by atoms with Gasteiger partial charge in [0, 0.05) is 13.1 Å². The van der Waals surface area contributed by atoms with Crippen LogP contribution in [0.3, 0.4) is 0 Å². The number of piperidine rings is 1. The van der Waals surface area contributed by atoms with Crippen LogP contribution in [-0.4, -0.2) is 29.1 Å². The molecule has 1 saturated heterocycles. The van der Waals surface area contributed by atoms with Gasteiger partial charge in [-0.1, -0.05) is 17.7 Å². The second-order valence-corrected chi connectivity index (χ2v) is 4.44. The maximum absolute atomic E-state index is 11.7. The minimum atomic E-state index is -0.258. The van der Waals surface area contributed by atoms with Gasteiger partial charge in [0.15, 0.2) is 0 Å². The van der Waals surface area contributed by atoms with E-state index >= 15 is 0 Å². The molecule has 1 aliphatic heterocycles. The molecule has 4 nitrogen and oxygen atoms in total. The Labute approximate surface area is 106 Å². The number of pyridine rings is 1. The molecule has 17 heavy (non-hydrogen) atoms. The van der Waals surface area contributed by atoms with Gasteiger partial charge in [0.05, 0.1) is 5.69 Å². The van der Waals surface area contributed by atoms with Crippen LogP contribution in [0.2, 0.25) is 5.15 Å². The highest BCUT2D eigenvalue weighted by Gasteiger charge is 2.17. The molecule has 1 fully saturated rings. The summed E-state index contributed by atoms with van der Waals surface area (Å²) >= 11 is 5.75. The lowest BCUT2D eigenvalue weighted by atomic mass is 10.1. The van der Waals surface area contributed by atoms with Crippen molar-refractivity contribution in [1.29, 1.82) is 0 Å². The number of aromatic nitrogens is 1. The molecule has 0 spiro atoms. The SMILES string of the molecule is O=C(OCc1cccc(Cl)n1)N1CCCCC1. The van der Waals surface area contributed by atoms with Crippen molar-refractivity contribution in [3.8, 4) is 0 Å². The summed E-state index contributed by atoms with van der Waals surface area (Å²) in [6.45, 7) is 1.76. The number of carbonyl (C=O) groups excluding carboxylic acids is 1. The highest BCUT2D eigenvalue weighted by Crippen LogP contribution is 2.11. The summed E-state index contributed by atoms with van der Waals surface area (Å²) in [5.41, 5.74) is 0.669. The van der Waals surface area contributed by atoms with E-state index in [1.165, 1.54) is 6.42 Å². The van der Waals surface area contributed by atoms with Gasteiger partial charge < -0.3 is 9.64 Å². The molecule has 2 heterocycles. The van der Waals surface area contributed by atoms with E-state index in [4.69, 9.17) is 16.3 Å². The highest BCUT2D eigenvalue weighted by molar-refractivity contribution is 6.29. The maximum Gasteiger partial charge on any atom is 0.410 e. The number of halogens is 1. The predicted octanol–water partition coefficient (Wildman–Crippen LogP) is 2.86. The highest BCUT2D eigenvalue weighted by atomic mass is 35.5. The molecule has 1 aromatic rings. The van der Waals surface area contributed by atoms with Crippen LogP contribution in [0, 0.1) is 0 Å². The van der Waals surface area contributed by atoms with E-state index in [0.29, 0.717) is 10.8 Å². The molecule has 0 aromatic carbocycles. The van der Waals surface area contributed by atoms with Crippen molar-refractivity contribution in [3.05, 3.63) is 29.0 Å². The smallest absolute Gasteiger partial charge is 0.410 e. The summed E-state index contributed by atoms with van der Waals surface area (Å²) in [4.78, 5) is 17.5. The molecular weight excluding hydrogens is 240 g/mol. The van der Waals surface area contributed by atoms with Crippen LogP contribution in [0.25, 0.3) is 0 Å². The molecular formula is C12H15ClN2O2. The summed E-state index contributed by atoms with van der Waals surface area (Å²) in [6.07, 6.45) is 3.06. The Bertz CT molecular complexity index is 392. The van der Waals surface area contributed by atoms with E-state index in [2.05, 4.69) is 4.98 Å². The van der Waals surface area contributed by atoms with Crippen LogP contribution >= 0.6 is 11.6 Å². The normalized spacial score (nSPS) is 15.7. The number of ether oxygens (including phenoxy) is 1. The van der Waals surface area contributed by atoms with Gasteiger partial charge in [0.25, 0.3) is 0 Å². The molecule has 5 heteroatoms. The first-order valence-electron chi connectivity index (χ1n) is 5.79. The Hall–Kier alpha value is -1.29. The van der Waals surface area contributed by atoms with Crippen molar-refractivity contribution in [1.82, 2.24) is 9.88 Å². The van der Waals surface area contributed by atoms with Crippen LogP contribution in [0.15, 0.2) is 18.2 Å². The lowest BCUT2D eigenvalue weighted by Gasteiger charge is -2.25. The van der Waals surface area contributed by atoms with Crippen LogP contribution in [0.1, 0.15) is 25.0 Å². The van der Waals surface area contributed by atoms with Gasteiger partial charge in [-0.2, -0.15) is 0 Å². The summed E-state index contributed by atoms with van der Waals surface area (Å²) < 4.78 is 5.19. The lowest BCUT2D eigenvalue weighted by Crippen LogP contribution is -2.35. The number of carbonyl (C=O) groups is 1. The Morgan fingerprint density at radius 2 is 2.12 bits per heavy atom. The van der Waals surface area contributed by atoms with Crippen molar-refractivity contribution in [3.63, 3.8) is 0 Å². The fraction of sp³-hybridized carbons (Fsp3) is 0.500. The molecule has 1 aliphatic rings. The summed E-state index contributed by atoms with van der Waals surface area (Å²) in [5, 5.41) is 0.413. The lowest BCUT2D eigenvalue weighted by molar-refractivity contribution is 0.0884. The third-order valence-corrected chi connectivity index (χ3v) is 2.94. The first-order chi connectivity index (χ1) is 8.25. The van der Waals surface area contributed by atoms with Gasteiger partial charge in [0.1, 0.15) is 11.8 Å². The molecule has 2 rings (SSSR count). The minimum Gasteiger partial charge on any atom is -0.443 e. The zero-order chi connectivity index (χ0) is 12.1. The van der Waals surface area contributed by atoms with Crippen LogP contribution in [0.5, 0.6) is 0 Å². The van der Waals surface area contributed by atoms with E-state index in [0.717, 1.165) is 25.9 Å². The monoisotopic (exact) mass is 254 g/mol. The average Bonchev–Trinajstić information content (AvgIpc) is 2.37. The molecule has 0 atom stereocenters. The van der Waals surface area contributed by atoms with Crippen LogP contribution in [0.4, 0.5) is 4.79 Å². The van der Waals surface area contributed by atoms with E-state index in [1.54, 1.807) is 23.1 Å². The zero-order valence-electron chi connectivity index (χ0n) is 9.56. The third-order valence-electron chi connectivity index (χ3n) is 2.73. The van der Waals surface area contributed by atoms with E-state index in [1.807, 2.05) is 0 Å². The van der Waals surface area contributed by atoms with Crippen LogP contribution in [-0.2, 0) is 11.3 Å². The molecule has 0 aliphatic carbocycles. The third kappa shape index (κ3) is 3.60. The number of rotatable bonds is 2. The fourth-order valence-electron chi connectivity index (χ4n) is 1.83. The molecule has 0 radical (unpaired) electrons. The van der Waals surface area contributed by atoms with Crippen LogP contribution < -0.4 is 0 Å². The number of likely N-dealkylation sites (tertiary alicyclic amines) is 1. The Kier molecular flexibility index (Phi) is 4.20. The molecule has 1 aromatic heterocycles. The van der Waals surface area contributed by atoms with Crippen molar-refractivity contribution in [2.45, 2.75) is 25.9 Å². The fourth-order valence-corrected chi connectivity index (χ4v) is 2.02. The van der Waals surface area contributed by atoms with Gasteiger partial charge in [-0.25, -0.2) is 9.78 Å². The second-order valence-electron chi connectivity index (χ2n) is 4.05. The van der Waals surface area contributed by atoms with Crippen molar-refractivity contribution < 1.29 is 9.53 Å². The summed E-state index contributed by atoms with van der Waals surface area (Å²) in [6, 6.07) is 5.27.